The third kappa shape index (κ3) is 2.87. The third-order valence-corrected chi connectivity index (χ3v) is 3.55. The third-order valence-electron chi connectivity index (χ3n) is 2.37. The minimum Gasteiger partial charge on any atom is -0.480 e. The summed E-state index contributed by atoms with van der Waals surface area (Å²) in [6.07, 6.45) is 4.01. The van der Waals surface area contributed by atoms with Crippen molar-refractivity contribution in [3.63, 3.8) is 0 Å². The van der Waals surface area contributed by atoms with E-state index in [1.807, 2.05) is 42.5 Å². The van der Waals surface area contributed by atoms with Crippen molar-refractivity contribution < 1.29 is 9.90 Å². The molecule has 1 aliphatic heterocycles. The van der Waals surface area contributed by atoms with E-state index in [0.29, 0.717) is 5.75 Å². The van der Waals surface area contributed by atoms with Gasteiger partial charge in [-0.1, -0.05) is 42.5 Å². The van der Waals surface area contributed by atoms with Crippen LogP contribution in [0.15, 0.2) is 36.4 Å². The highest BCUT2D eigenvalue weighted by atomic mass is 32.2. The van der Waals surface area contributed by atoms with Crippen molar-refractivity contribution in [2.24, 2.45) is 0 Å². The van der Waals surface area contributed by atoms with E-state index in [-0.39, 0.29) is 5.37 Å². The highest BCUT2D eigenvalue weighted by Crippen LogP contribution is 2.20. The molecule has 1 aliphatic rings. The van der Waals surface area contributed by atoms with Crippen LogP contribution in [0.3, 0.4) is 0 Å². The lowest BCUT2D eigenvalue weighted by Crippen LogP contribution is -2.35. The maximum absolute atomic E-state index is 10.7. The molecule has 0 spiro atoms. The molecule has 1 fully saturated rings. The molecule has 1 heterocycles. The smallest absolute Gasteiger partial charge is 0.321 e. The summed E-state index contributed by atoms with van der Waals surface area (Å²) in [5.74, 6) is -0.151. The Balaban J connectivity index is 1.92. The van der Waals surface area contributed by atoms with E-state index in [4.69, 9.17) is 5.11 Å². The lowest BCUT2D eigenvalue weighted by molar-refractivity contribution is -0.138. The number of thioether (sulfide) groups is 1. The molecule has 0 radical (unpaired) electrons. The van der Waals surface area contributed by atoms with E-state index in [2.05, 4.69) is 5.32 Å². The number of benzene rings is 1. The summed E-state index contributed by atoms with van der Waals surface area (Å²) >= 11 is 1.62. The minimum absolute atomic E-state index is 0.0984. The Morgan fingerprint density at radius 3 is 2.81 bits per heavy atom. The van der Waals surface area contributed by atoms with Crippen LogP contribution in [0.5, 0.6) is 0 Å². The molecule has 4 heteroatoms. The topological polar surface area (TPSA) is 49.3 Å². The number of aliphatic carboxylic acids is 1. The van der Waals surface area contributed by atoms with E-state index in [0.717, 1.165) is 5.56 Å². The molecule has 1 saturated heterocycles. The maximum Gasteiger partial charge on any atom is 0.321 e. The van der Waals surface area contributed by atoms with Crippen molar-refractivity contribution in [1.29, 1.82) is 0 Å². The van der Waals surface area contributed by atoms with Crippen LogP contribution in [-0.2, 0) is 4.79 Å². The van der Waals surface area contributed by atoms with Crippen molar-refractivity contribution in [3.8, 4) is 0 Å². The number of hydrogen-bond donors (Lipinski definition) is 2. The summed E-state index contributed by atoms with van der Waals surface area (Å²) in [5.41, 5.74) is 1.13. The molecule has 3 nitrogen and oxygen atoms in total. The number of carboxylic acids is 1. The number of carbonyl (C=O) groups is 1. The molecule has 2 unspecified atom stereocenters. The van der Waals surface area contributed by atoms with Gasteiger partial charge in [0.25, 0.3) is 0 Å². The molecule has 1 aromatic carbocycles. The average Bonchev–Trinajstić information content (AvgIpc) is 2.76. The molecule has 2 rings (SSSR count). The highest BCUT2D eigenvalue weighted by Gasteiger charge is 2.27. The molecule has 0 aliphatic carbocycles. The van der Waals surface area contributed by atoms with Crippen molar-refractivity contribution in [1.82, 2.24) is 5.32 Å². The van der Waals surface area contributed by atoms with Crippen LogP contribution in [0.4, 0.5) is 0 Å². The van der Waals surface area contributed by atoms with Gasteiger partial charge in [-0.15, -0.1) is 11.8 Å². The molecule has 0 bridgehead atoms. The van der Waals surface area contributed by atoms with Gasteiger partial charge in [-0.2, -0.15) is 0 Å². The number of nitrogens with one attached hydrogen (secondary N) is 1. The van der Waals surface area contributed by atoms with Crippen LogP contribution >= 0.6 is 11.8 Å². The van der Waals surface area contributed by atoms with Gasteiger partial charge < -0.3 is 5.11 Å². The van der Waals surface area contributed by atoms with Crippen LogP contribution < -0.4 is 5.32 Å². The second-order valence-corrected chi connectivity index (χ2v) is 4.76. The fourth-order valence-electron chi connectivity index (χ4n) is 1.51. The minimum atomic E-state index is -0.775. The van der Waals surface area contributed by atoms with Crippen molar-refractivity contribution in [2.75, 3.05) is 5.75 Å². The molecule has 2 atom stereocenters. The number of carboxylic acid groups (broad SMARTS) is 1. The summed E-state index contributed by atoms with van der Waals surface area (Å²) in [7, 11) is 0. The van der Waals surface area contributed by atoms with Crippen molar-refractivity contribution in [2.45, 2.75) is 11.4 Å². The quantitative estimate of drug-likeness (QED) is 0.839. The summed E-state index contributed by atoms with van der Waals surface area (Å²) in [5, 5.41) is 12.0. The van der Waals surface area contributed by atoms with E-state index < -0.39 is 12.0 Å². The predicted octanol–water partition coefficient (Wildman–Crippen LogP) is 1.82. The Bertz CT molecular complexity index is 391. The molecule has 1 aromatic rings. The van der Waals surface area contributed by atoms with E-state index in [1.54, 1.807) is 11.8 Å². The maximum atomic E-state index is 10.7. The zero-order valence-electron chi connectivity index (χ0n) is 8.67. The predicted molar refractivity (Wildman–Crippen MR) is 66.3 cm³/mol. The zero-order chi connectivity index (χ0) is 11.4. The van der Waals surface area contributed by atoms with Gasteiger partial charge in [-0.3, -0.25) is 10.1 Å². The summed E-state index contributed by atoms with van der Waals surface area (Å²) in [6.45, 7) is 0. The largest absolute Gasteiger partial charge is 0.480 e. The van der Waals surface area contributed by atoms with Gasteiger partial charge in [0, 0.05) is 5.75 Å². The molecule has 84 valence electrons. The normalized spacial score (nSPS) is 25.0. The van der Waals surface area contributed by atoms with Crippen LogP contribution in [0.1, 0.15) is 5.56 Å². The van der Waals surface area contributed by atoms with Crippen LogP contribution in [0, 0.1) is 0 Å². The van der Waals surface area contributed by atoms with Gasteiger partial charge in [0.2, 0.25) is 0 Å². The Kier molecular flexibility index (Phi) is 3.64. The van der Waals surface area contributed by atoms with Gasteiger partial charge in [0.05, 0.1) is 5.37 Å². The first kappa shape index (κ1) is 11.2. The lowest BCUT2D eigenvalue weighted by Gasteiger charge is -2.05. The molecule has 0 aromatic heterocycles. The fourth-order valence-corrected chi connectivity index (χ4v) is 2.60. The van der Waals surface area contributed by atoms with Crippen molar-refractivity contribution in [3.05, 3.63) is 42.0 Å². The monoisotopic (exact) mass is 235 g/mol. The molecular weight excluding hydrogens is 222 g/mol. The van der Waals surface area contributed by atoms with Crippen LogP contribution in [0.25, 0.3) is 6.08 Å². The van der Waals surface area contributed by atoms with Crippen molar-refractivity contribution >= 4 is 23.8 Å². The van der Waals surface area contributed by atoms with Gasteiger partial charge in [0.15, 0.2) is 0 Å². The Hall–Kier alpha value is -1.26. The van der Waals surface area contributed by atoms with Gasteiger partial charge in [-0.05, 0) is 5.56 Å². The lowest BCUT2D eigenvalue weighted by atomic mass is 10.2. The van der Waals surface area contributed by atoms with Crippen LogP contribution in [-0.4, -0.2) is 28.2 Å². The first-order valence-electron chi connectivity index (χ1n) is 5.09. The van der Waals surface area contributed by atoms with Crippen LogP contribution in [0.2, 0.25) is 0 Å². The Morgan fingerprint density at radius 1 is 1.44 bits per heavy atom. The van der Waals surface area contributed by atoms with Gasteiger partial charge >= 0.3 is 5.97 Å². The number of hydrogen-bond acceptors (Lipinski definition) is 3. The molecule has 16 heavy (non-hydrogen) atoms. The second-order valence-electron chi connectivity index (χ2n) is 3.58. The Morgan fingerprint density at radius 2 is 2.19 bits per heavy atom. The number of rotatable bonds is 3. The van der Waals surface area contributed by atoms with E-state index >= 15 is 0 Å². The fraction of sp³-hybridized carbons (Fsp3) is 0.250. The average molecular weight is 235 g/mol. The molecule has 2 N–H and O–H groups in total. The summed E-state index contributed by atoms with van der Waals surface area (Å²) in [4.78, 5) is 10.7. The summed E-state index contributed by atoms with van der Waals surface area (Å²) in [6, 6.07) is 9.55. The van der Waals surface area contributed by atoms with E-state index in [9.17, 15) is 4.79 Å². The zero-order valence-corrected chi connectivity index (χ0v) is 9.48. The van der Waals surface area contributed by atoms with Gasteiger partial charge in [-0.25, -0.2) is 0 Å². The Labute approximate surface area is 98.6 Å². The first-order valence-corrected chi connectivity index (χ1v) is 6.14. The molecular formula is C12H13NO2S. The highest BCUT2D eigenvalue weighted by molar-refractivity contribution is 8.00. The summed E-state index contributed by atoms with van der Waals surface area (Å²) < 4.78 is 0. The molecule has 0 amide bonds. The van der Waals surface area contributed by atoms with Gasteiger partial charge in [0.1, 0.15) is 6.04 Å². The SMILES string of the molecule is O=C(O)C1CSC(/C=C/c2ccccc2)N1. The second kappa shape index (κ2) is 5.18. The first-order chi connectivity index (χ1) is 7.75. The standard InChI is InChI=1S/C12H13NO2S/c14-12(15)10-8-16-11(13-10)7-6-9-4-2-1-3-5-9/h1-7,10-11,13H,8H2,(H,14,15)/b7-6+. The van der Waals surface area contributed by atoms with E-state index in [1.165, 1.54) is 0 Å². The molecule has 0 saturated carbocycles.